The largest absolute Gasteiger partial charge is 0.323 e. The highest BCUT2D eigenvalue weighted by atomic mass is 79.9. The van der Waals surface area contributed by atoms with E-state index in [1.807, 2.05) is 10.6 Å². The Balaban J connectivity index is 2.16. The van der Waals surface area contributed by atoms with Gasteiger partial charge < -0.3 is 10.6 Å². The normalized spacial score (nSPS) is 10.3. The molecule has 0 aromatic heterocycles. The molecule has 0 aliphatic carbocycles. The predicted octanol–water partition coefficient (Wildman–Crippen LogP) is 4.65. The van der Waals surface area contributed by atoms with E-state index in [0.29, 0.717) is 6.07 Å². The zero-order valence-corrected chi connectivity index (χ0v) is 11.8. The maximum Gasteiger partial charge on any atom is 0.323 e. The van der Waals surface area contributed by atoms with Gasteiger partial charge in [0.25, 0.3) is 0 Å². The molecule has 2 amide bonds. The van der Waals surface area contributed by atoms with E-state index < -0.39 is 35.0 Å². The number of nitrogens with one attached hydrogen (secondary N) is 2. The first-order chi connectivity index (χ1) is 9.86. The second kappa shape index (κ2) is 6.13. The molecule has 2 aromatic carbocycles. The molecule has 0 atom stereocenters. The highest BCUT2D eigenvalue weighted by Crippen LogP contribution is 2.24. The number of halogens is 5. The maximum absolute atomic E-state index is 13.5. The van der Waals surface area contributed by atoms with Gasteiger partial charge in [-0.2, -0.15) is 0 Å². The van der Waals surface area contributed by atoms with Gasteiger partial charge in [0.2, 0.25) is 0 Å². The van der Waals surface area contributed by atoms with E-state index in [2.05, 4.69) is 15.9 Å². The Kier molecular flexibility index (Phi) is 4.46. The minimum Gasteiger partial charge on any atom is -0.305 e. The van der Waals surface area contributed by atoms with Crippen molar-refractivity contribution in [2.45, 2.75) is 0 Å². The lowest BCUT2D eigenvalue weighted by Gasteiger charge is -2.10. The summed E-state index contributed by atoms with van der Waals surface area (Å²) in [5, 5.41) is 3.93. The van der Waals surface area contributed by atoms with Gasteiger partial charge in [-0.25, -0.2) is 22.4 Å². The summed E-state index contributed by atoms with van der Waals surface area (Å²) >= 11 is 2.89. The third-order valence-electron chi connectivity index (χ3n) is 2.42. The van der Waals surface area contributed by atoms with Crippen LogP contribution in [0.15, 0.2) is 34.8 Å². The van der Waals surface area contributed by atoms with Crippen molar-refractivity contribution in [2.75, 3.05) is 10.6 Å². The maximum atomic E-state index is 13.5. The summed E-state index contributed by atoms with van der Waals surface area (Å²) in [6, 6.07) is 3.32. The van der Waals surface area contributed by atoms with Crippen LogP contribution in [0.25, 0.3) is 0 Å². The number of rotatable bonds is 2. The lowest BCUT2D eigenvalue weighted by Crippen LogP contribution is -2.21. The average molecular weight is 363 g/mol. The van der Waals surface area contributed by atoms with E-state index in [1.165, 1.54) is 0 Å². The molecule has 3 nitrogen and oxygen atoms in total. The Bertz CT molecular complexity index is 686. The van der Waals surface area contributed by atoms with Crippen molar-refractivity contribution in [2.24, 2.45) is 0 Å². The number of carbonyl (C=O) groups excluding carboxylic acids is 1. The van der Waals surface area contributed by atoms with Crippen molar-refractivity contribution in [3.63, 3.8) is 0 Å². The Morgan fingerprint density at radius 1 is 0.905 bits per heavy atom. The highest BCUT2D eigenvalue weighted by Gasteiger charge is 2.14. The van der Waals surface area contributed by atoms with Crippen LogP contribution < -0.4 is 10.6 Å². The van der Waals surface area contributed by atoms with Gasteiger partial charge in [-0.05, 0) is 24.3 Å². The molecular formula is C13H7BrF4N2O. The standard InChI is InChI=1S/C13H7BrF4N2O/c14-6-3-9(17)12(10(18)4-6)20-13(21)19-11-2-1-7(15)5-8(11)16/h1-5H,(H2,19,20,21). The third-order valence-corrected chi connectivity index (χ3v) is 2.88. The number of urea groups is 1. The van der Waals surface area contributed by atoms with Crippen LogP contribution in [0.3, 0.4) is 0 Å². The first kappa shape index (κ1) is 15.3. The van der Waals surface area contributed by atoms with E-state index in [4.69, 9.17) is 0 Å². The molecule has 0 aliphatic heterocycles. The molecule has 2 aromatic rings. The van der Waals surface area contributed by atoms with Crippen LogP contribution in [-0.4, -0.2) is 6.03 Å². The predicted molar refractivity (Wildman–Crippen MR) is 73.1 cm³/mol. The molecule has 110 valence electrons. The molecule has 0 aliphatic rings. The topological polar surface area (TPSA) is 41.1 Å². The summed E-state index contributed by atoms with van der Waals surface area (Å²) in [6.45, 7) is 0. The van der Waals surface area contributed by atoms with Crippen LogP contribution >= 0.6 is 15.9 Å². The van der Waals surface area contributed by atoms with Crippen molar-refractivity contribution in [1.82, 2.24) is 0 Å². The van der Waals surface area contributed by atoms with Gasteiger partial charge in [-0.3, -0.25) is 0 Å². The SMILES string of the molecule is O=C(Nc1ccc(F)cc1F)Nc1c(F)cc(Br)cc1F. The lowest BCUT2D eigenvalue weighted by atomic mass is 10.3. The number of benzene rings is 2. The van der Waals surface area contributed by atoms with Gasteiger partial charge in [0.05, 0.1) is 5.69 Å². The summed E-state index contributed by atoms with van der Waals surface area (Å²) in [4.78, 5) is 11.6. The molecule has 2 rings (SSSR count). The van der Waals surface area contributed by atoms with Crippen molar-refractivity contribution >= 4 is 33.3 Å². The molecule has 2 N–H and O–H groups in total. The van der Waals surface area contributed by atoms with Crippen LogP contribution in [0, 0.1) is 23.3 Å². The fourth-order valence-electron chi connectivity index (χ4n) is 1.52. The van der Waals surface area contributed by atoms with Gasteiger partial charge in [0, 0.05) is 10.5 Å². The fraction of sp³-hybridized carbons (Fsp3) is 0. The Hall–Kier alpha value is -2.09. The monoisotopic (exact) mass is 362 g/mol. The van der Waals surface area contributed by atoms with E-state index in [0.717, 1.165) is 24.3 Å². The van der Waals surface area contributed by atoms with Gasteiger partial charge >= 0.3 is 6.03 Å². The Labute approximate surface area is 125 Å². The minimum atomic E-state index is -1.07. The molecule has 8 heteroatoms. The van der Waals surface area contributed by atoms with Crippen LogP contribution in [0.5, 0.6) is 0 Å². The van der Waals surface area contributed by atoms with Crippen LogP contribution in [-0.2, 0) is 0 Å². The number of hydrogen-bond acceptors (Lipinski definition) is 1. The van der Waals surface area contributed by atoms with Gasteiger partial charge in [0.1, 0.15) is 17.3 Å². The lowest BCUT2D eigenvalue weighted by molar-refractivity contribution is 0.261. The van der Waals surface area contributed by atoms with E-state index in [1.54, 1.807) is 0 Å². The first-order valence-electron chi connectivity index (χ1n) is 5.54. The average Bonchev–Trinajstić information content (AvgIpc) is 2.37. The third kappa shape index (κ3) is 3.72. The molecule has 0 spiro atoms. The summed E-state index contributed by atoms with van der Waals surface area (Å²) in [5.74, 6) is -3.83. The van der Waals surface area contributed by atoms with E-state index in [9.17, 15) is 22.4 Å². The van der Waals surface area contributed by atoms with Crippen molar-refractivity contribution in [3.8, 4) is 0 Å². The minimum absolute atomic E-state index is 0.160. The van der Waals surface area contributed by atoms with Crippen LogP contribution in [0.1, 0.15) is 0 Å². The Morgan fingerprint density at radius 3 is 2.10 bits per heavy atom. The molecule has 0 radical (unpaired) electrons. The molecule has 0 heterocycles. The number of amides is 2. The first-order valence-corrected chi connectivity index (χ1v) is 6.33. The van der Waals surface area contributed by atoms with Gasteiger partial charge in [0.15, 0.2) is 11.6 Å². The molecule has 0 bridgehead atoms. The number of anilines is 2. The molecule has 0 unspecified atom stereocenters. The zero-order chi connectivity index (χ0) is 15.6. The van der Waals surface area contributed by atoms with Crippen molar-refractivity contribution < 1.29 is 22.4 Å². The van der Waals surface area contributed by atoms with Crippen LogP contribution in [0.2, 0.25) is 0 Å². The molecule has 0 saturated heterocycles. The van der Waals surface area contributed by atoms with Crippen molar-refractivity contribution in [1.29, 1.82) is 0 Å². The Morgan fingerprint density at radius 2 is 1.52 bits per heavy atom. The van der Waals surface area contributed by atoms with Crippen molar-refractivity contribution in [3.05, 3.63) is 58.1 Å². The smallest absolute Gasteiger partial charge is 0.305 e. The molecule has 0 fully saturated rings. The summed E-state index contributed by atoms with van der Waals surface area (Å²) in [7, 11) is 0. The van der Waals surface area contributed by atoms with E-state index >= 15 is 0 Å². The van der Waals surface area contributed by atoms with Gasteiger partial charge in [-0.15, -0.1) is 0 Å². The summed E-state index contributed by atoms with van der Waals surface area (Å²) in [6.07, 6.45) is 0. The summed E-state index contributed by atoms with van der Waals surface area (Å²) in [5.41, 5.74) is -1.01. The molecule has 0 saturated carbocycles. The van der Waals surface area contributed by atoms with Crippen LogP contribution in [0.4, 0.5) is 33.7 Å². The number of hydrogen-bond donors (Lipinski definition) is 2. The second-order valence-corrected chi connectivity index (χ2v) is 4.86. The molecule has 21 heavy (non-hydrogen) atoms. The number of carbonyl (C=O) groups is 1. The molecular weight excluding hydrogens is 356 g/mol. The summed E-state index contributed by atoms with van der Waals surface area (Å²) < 4.78 is 53.2. The van der Waals surface area contributed by atoms with E-state index in [-0.39, 0.29) is 10.2 Å². The zero-order valence-electron chi connectivity index (χ0n) is 10.2. The quantitative estimate of drug-likeness (QED) is 0.750. The fourth-order valence-corrected chi connectivity index (χ4v) is 1.92. The second-order valence-electron chi connectivity index (χ2n) is 3.95. The van der Waals surface area contributed by atoms with Gasteiger partial charge in [-0.1, -0.05) is 15.9 Å². The highest BCUT2D eigenvalue weighted by molar-refractivity contribution is 9.10.